The van der Waals surface area contributed by atoms with Crippen molar-refractivity contribution in [1.82, 2.24) is 25.2 Å². The van der Waals surface area contributed by atoms with E-state index in [2.05, 4.69) is 25.7 Å². The Morgan fingerprint density at radius 1 is 1.21 bits per heavy atom. The summed E-state index contributed by atoms with van der Waals surface area (Å²) in [6.45, 7) is 10.6. The molecule has 0 aliphatic heterocycles. The van der Waals surface area contributed by atoms with Crippen LogP contribution in [0.2, 0.25) is 0 Å². The number of nitrogens with zero attached hydrogens (tertiary/aromatic N) is 5. The van der Waals surface area contributed by atoms with E-state index in [4.69, 9.17) is 0 Å². The number of anilines is 1. The maximum absolute atomic E-state index is 4.41. The van der Waals surface area contributed by atoms with Crippen LogP contribution < -0.4 is 5.32 Å². The molecule has 0 spiro atoms. The van der Waals surface area contributed by atoms with Gasteiger partial charge in [-0.15, -0.1) is 10.2 Å². The Morgan fingerprint density at radius 2 is 1.95 bits per heavy atom. The molecule has 0 radical (unpaired) electrons. The normalized spacial score (nSPS) is 11.6. The van der Waals surface area contributed by atoms with E-state index in [1.807, 2.05) is 46.8 Å². The first kappa shape index (κ1) is 13.5. The van der Waals surface area contributed by atoms with E-state index in [9.17, 15) is 0 Å². The molecular formula is C13H20N6. The van der Waals surface area contributed by atoms with Gasteiger partial charge in [-0.3, -0.25) is 4.98 Å². The molecule has 2 heterocycles. The minimum Gasteiger partial charge on any atom is -0.376 e. The smallest absolute Gasteiger partial charge is 0.193 e. The maximum Gasteiger partial charge on any atom is 0.193 e. The highest BCUT2D eigenvalue weighted by Gasteiger charge is 2.16. The largest absolute Gasteiger partial charge is 0.376 e. The topological polar surface area (TPSA) is 68.5 Å². The minimum atomic E-state index is -0.146. The second kappa shape index (κ2) is 4.95. The van der Waals surface area contributed by atoms with Gasteiger partial charge in [0.1, 0.15) is 0 Å². The van der Waals surface area contributed by atoms with Crippen LogP contribution in [0.25, 0.3) is 0 Å². The molecule has 2 rings (SSSR count). The molecule has 0 unspecified atom stereocenters. The second-order valence-electron chi connectivity index (χ2n) is 5.61. The van der Waals surface area contributed by atoms with Gasteiger partial charge in [-0.1, -0.05) is 0 Å². The predicted molar refractivity (Wildman–Crippen MR) is 73.9 cm³/mol. The number of aromatic nitrogens is 5. The Morgan fingerprint density at radius 3 is 2.53 bits per heavy atom. The van der Waals surface area contributed by atoms with Crippen LogP contribution in [-0.4, -0.2) is 25.2 Å². The number of hydrogen-bond acceptors (Lipinski definition) is 5. The number of hydrogen-bond donors (Lipinski definition) is 1. The number of pyridine rings is 1. The van der Waals surface area contributed by atoms with Crippen molar-refractivity contribution >= 4 is 5.69 Å². The average Bonchev–Trinajstić information content (AvgIpc) is 2.76. The van der Waals surface area contributed by atoms with Crippen molar-refractivity contribution in [2.24, 2.45) is 0 Å². The van der Waals surface area contributed by atoms with Gasteiger partial charge < -0.3 is 5.32 Å². The van der Waals surface area contributed by atoms with Crippen LogP contribution in [0.4, 0.5) is 5.69 Å². The molecule has 0 aliphatic rings. The molecule has 19 heavy (non-hydrogen) atoms. The lowest BCUT2D eigenvalue weighted by Gasteiger charge is -2.15. The van der Waals surface area contributed by atoms with Crippen molar-refractivity contribution in [2.45, 2.75) is 46.7 Å². The third-order valence-corrected chi connectivity index (χ3v) is 2.72. The Hall–Kier alpha value is -1.98. The monoisotopic (exact) mass is 260 g/mol. The summed E-state index contributed by atoms with van der Waals surface area (Å²) in [5, 5.41) is 15.7. The highest BCUT2D eigenvalue weighted by Crippen LogP contribution is 2.14. The fourth-order valence-corrected chi connectivity index (χ4v) is 1.65. The number of tetrazole rings is 1. The summed E-state index contributed by atoms with van der Waals surface area (Å²) < 4.78 is 0. The van der Waals surface area contributed by atoms with Crippen molar-refractivity contribution in [3.05, 3.63) is 29.3 Å². The molecule has 0 aromatic carbocycles. The van der Waals surface area contributed by atoms with Crippen LogP contribution in [-0.2, 0) is 12.1 Å². The molecule has 0 amide bonds. The molecule has 0 fully saturated rings. The van der Waals surface area contributed by atoms with E-state index in [-0.39, 0.29) is 5.54 Å². The first-order valence-electron chi connectivity index (χ1n) is 6.34. The highest BCUT2D eigenvalue weighted by molar-refractivity contribution is 5.47. The zero-order valence-corrected chi connectivity index (χ0v) is 12.1. The Kier molecular flexibility index (Phi) is 3.50. The Balaban J connectivity index is 2.04. The molecule has 0 saturated carbocycles. The molecule has 2 aromatic heterocycles. The fourth-order valence-electron chi connectivity index (χ4n) is 1.65. The zero-order chi connectivity index (χ0) is 14.0. The SMILES string of the molecule is Cc1ccc(NCc2nnn(C(C)(C)C)n2)c(C)n1. The molecule has 0 bridgehead atoms. The first-order chi connectivity index (χ1) is 8.86. The van der Waals surface area contributed by atoms with Crippen molar-refractivity contribution in [1.29, 1.82) is 0 Å². The van der Waals surface area contributed by atoms with Gasteiger partial charge in [0.05, 0.1) is 23.5 Å². The van der Waals surface area contributed by atoms with E-state index in [0.717, 1.165) is 17.1 Å². The van der Waals surface area contributed by atoms with Crippen molar-refractivity contribution < 1.29 is 0 Å². The molecule has 102 valence electrons. The van der Waals surface area contributed by atoms with E-state index >= 15 is 0 Å². The van der Waals surface area contributed by atoms with Gasteiger partial charge in [0, 0.05) is 5.69 Å². The van der Waals surface area contributed by atoms with Gasteiger partial charge in [-0.2, -0.15) is 4.80 Å². The Labute approximate surface area is 113 Å². The van der Waals surface area contributed by atoms with Gasteiger partial charge in [0.2, 0.25) is 0 Å². The molecule has 0 atom stereocenters. The standard InChI is InChI=1S/C13H20N6/c1-9-6-7-11(10(2)15-9)14-8-12-16-18-19(17-12)13(3,4)5/h6-7,14H,8H2,1-5H3. The maximum atomic E-state index is 4.41. The summed E-state index contributed by atoms with van der Waals surface area (Å²) >= 11 is 0. The summed E-state index contributed by atoms with van der Waals surface area (Å²) in [4.78, 5) is 6.04. The van der Waals surface area contributed by atoms with Crippen molar-refractivity contribution in [2.75, 3.05) is 5.32 Å². The Bertz CT molecular complexity index is 567. The molecule has 6 nitrogen and oxygen atoms in total. The predicted octanol–water partition coefficient (Wildman–Crippen LogP) is 2.05. The van der Waals surface area contributed by atoms with E-state index < -0.39 is 0 Å². The molecule has 1 N–H and O–H groups in total. The lowest BCUT2D eigenvalue weighted by Crippen LogP contribution is -2.24. The van der Waals surface area contributed by atoms with Crippen LogP contribution >= 0.6 is 0 Å². The van der Waals surface area contributed by atoms with Crippen LogP contribution in [0.15, 0.2) is 12.1 Å². The van der Waals surface area contributed by atoms with Crippen LogP contribution in [0.3, 0.4) is 0 Å². The molecule has 0 saturated heterocycles. The molecule has 6 heteroatoms. The lowest BCUT2D eigenvalue weighted by atomic mass is 10.1. The summed E-state index contributed by atoms with van der Waals surface area (Å²) in [6.07, 6.45) is 0. The summed E-state index contributed by atoms with van der Waals surface area (Å²) in [7, 11) is 0. The van der Waals surface area contributed by atoms with Gasteiger partial charge in [0.15, 0.2) is 5.82 Å². The third-order valence-electron chi connectivity index (χ3n) is 2.72. The minimum absolute atomic E-state index is 0.146. The average molecular weight is 260 g/mol. The first-order valence-corrected chi connectivity index (χ1v) is 6.34. The summed E-state index contributed by atoms with van der Waals surface area (Å²) in [5.74, 6) is 0.676. The van der Waals surface area contributed by atoms with Crippen molar-refractivity contribution in [3.8, 4) is 0 Å². The molecular weight excluding hydrogens is 240 g/mol. The molecule has 0 aliphatic carbocycles. The van der Waals surface area contributed by atoms with Crippen molar-refractivity contribution in [3.63, 3.8) is 0 Å². The highest BCUT2D eigenvalue weighted by atomic mass is 15.6. The van der Waals surface area contributed by atoms with E-state index in [1.54, 1.807) is 4.80 Å². The quantitative estimate of drug-likeness (QED) is 0.914. The van der Waals surface area contributed by atoms with Crippen LogP contribution in [0, 0.1) is 13.8 Å². The van der Waals surface area contributed by atoms with E-state index in [0.29, 0.717) is 12.4 Å². The summed E-state index contributed by atoms with van der Waals surface area (Å²) in [5.41, 5.74) is 2.84. The zero-order valence-electron chi connectivity index (χ0n) is 12.1. The number of aryl methyl sites for hydroxylation is 2. The number of rotatable bonds is 3. The van der Waals surface area contributed by atoms with Gasteiger partial charge >= 0.3 is 0 Å². The summed E-state index contributed by atoms with van der Waals surface area (Å²) in [6, 6.07) is 4.00. The second-order valence-corrected chi connectivity index (χ2v) is 5.61. The van der Waals surface area contributed by atoms with Gasteiger partial charge in [-0.05, 0) is 52.0 Å². The van der Waals surface area contributed by atoms with Crippen LogP contribution in [0.1, 0.15) is 38.0 Å². The van der Waals surface area contributed by atoms with E-state index in [1.165, 1.54) is 0 Å². The third kappa shape index (κ3) is 3.27. The van der Waals surface area contributed by atoms with Gasteiger partial charge in [0.25, 0.3) is 0 Å². The number of nitrogens with one attached hydrogen (secondary N) is 1. The van der Waals surface area contributed by atoms with Gasteiger partial charge in [-0.25, -0.2) is 0 Å². The molecule has 2 aromatic rings. The lowest BCUT2D eigenvalue weighted by molar-refractivity contribution is 0.305. The van der Waals surface area contributed by atoms with Crippen LogP contribution in [0.5, 0.6) is 0 Å². The fraction of sp³-hybridized carbons (Fsp3) is 0.538.